The lowest BCUT2D eigenvalue weighted by Crippen LogP contribution is -2.45. The van der Waals surface area contributed by atoms with Crippen LogP contribution in [0.1, 0.15) is 303 Å². The van der Waals surface area contributed by atoms with Gasteiger partial charge in [0.25, 0.3) is 0 Å². The first-order valence-corrected chi connectivity index (χ1v) is 28.8. The third kappa shape index (κ3) is 51.3. The zero-order valence-corrected chi connectivity index (χ0v) is 43.5. The number of allylic oxidation sites excluding steroid dienone is 5. The molecule has 0 bridgehead atoms. The number of amides is 1. The smallest absolute Gasteiger partial charge is 0.305 e. The van der Waals surface area contributed by atoms with Crippen molar-refractivity contribution in [1.82, 2.24) is 5.32 Å². The molecular formula is C59H111NO5. The standard InChI is InChI=1S/C59H111NO5/c1-3-5-7-9-11-13-15-16-17-18-20-24-27-30-33-37-41-45-49-53-59(64)65-54-50-46-42-38-34-31-28-25-22-19-21-23-26-29-32-36-40-44-48-52-58(63)60-56(55-61)57(62)51-47-43-39-35-14-12-10-8-6-4-2/h25,28,31,34,47,51,56-57,61-62H,3-24,26-27,29-30,32-33,35-46,48-50,52-55H2,1-2H3,(H,60,63)/b28-25-,34-31-,51-47+. The van der Waals surface area contributed by atoms with Crippen LogP contribution in [0, 0.1) is 0 Å². The summed E-state index contributed by atoms with van der Waals surface area (Å²) in [5.41, 5.74) is 0. The van der Waals surface area contributed by atoms with E-state index < -0.39 is 12.1 Å². The van der Waals surface area contributed by atoms with Gasteiger partial charge in [-0.3, -0.25) is 9.59 Å². The highest BCUT2D eigenvalue weighted by Crippen LogP contribution is 2.17. The van der Waals surface area contributed by atoms with Crippen molar-refractivity contribution < 1.29 is 24.5 Å². The maximum atomic E-state index is 12.4. The molecule has 6 heteroatoms. The average molecular weight is 915 g/mol. The Morgan fingerprint density at radius 3 is 1.14 bits per heavy atom. The maximum Gasteiger partial charge on any atom is 0.305 e. The molecule has 2 atom stereocenters. The topological polar surface area (TPSA) is 95.9 Å². The molecule has 0 aliphatic rings. The lowest BCUT2D eigenvalue weighted by atomic mass is 10.0. The summed E-state index contributed by atoms with van der Waals surface area (Å²) in [4.78, 5) is 24.5. The Balaban J connectivity index is 3.45. The number of ether oxygens (including phenoxy) is 1. The highest BCUT2D eigenvalue weighted by Gasteiger charge is 2.18. The van der Waals surface area contributed by atoms with Crippen molar-refractivity contribution >= 4 is 11.9 Å². The van der Waals surface area contributed by atoms with E-state index in [1.54, 1.807) is 6.08 Å². The first-order chi connectivity index (χ1) is 32.0. The van der Waals surface area contributed by atoms with Crippen molar-refractivity contribution in [2.24, 2.45) is 0 Å². The molecule has 0 rings (SSSR count). The predicted molar refractivity (Wildman–Crippen MR) is 283 cm³/mol. The number of esters is 1. The van der Waals surface area contributed by atoms with E-state index in [4.69, 9.17) is 4.74 Å². The molecule has 65 heavy (non-hydrogen) atoms. The van der Waals surface area contributed by atoms with E-state index in [9.17, 15) is 19.8 Å². The quantitative estimate of drug-likeness (QED) is 0.0244. The summed E-state index contributed by atoms with van der Waals surface area (Å²) in [6.07, 6.45) is 67.5. The highest BCUT2D eigenvalue weighted by atomic mass is 16.5. The molecule has 2 unspecified atom stereocenters. The van der Waals surface area contributed by atoms with Gasteiger partial charge in [0.1, 0.15) is 0 Å². The van der Waals surface area contributed by atoms with E-state index >= 15 is 0 Å². The molecule has 0 heterocycles. The van der Waals surface area contributed by atoms with Crippen LogP contribution >= 0.6 is 0 Å². The lowest BCUT2D eigenvalue weighted by molar-refractivity contribution is -0.143. The molecular weight excluding hydrogens is 803 g/mol. The number of nitrogens with one attached hydrogen (secondary N) is 1. The van der Waals surface area contributed by atoms with Gasteiger partial charge in [0.05, 0.1) is 25.4 Å². The number of carbonyl (C=O) groups excluding carboxylic acids is 2. The van der Waals surface area contributed by atoms with E-state index in [-0.39, 0.29) is 18.5 Å². The van der Waals surface area contributed by atoms with Crippen molar-refractivity contribution in [1.29, 1.82) is 0 Å². The van der Waals surface area contributed by atoms with Gasteiger partial charge in [-0.2, -0.15) is 0 Å². The van der Waals surface area contributed by atoms with Crippen LogP contribution < -0.4 is 5.32 Å². The summed E-state index contributed by atoms with van der Waals surface area (Å²) >= 11 is 0. The van der Waals surface area contributed by atoms with Crippen LogP contribution in [0.3, 0.4) is 0 Å². The molecule has 3 N–H and O–H groups in total. The Morgan fingerprint density at radius 1 is 0.431 bits per heavy atom. The second kappa shape index (κ2) is 54.7. The van der Waals surface area contributed by atoms with Gasteiger partial charge >= 0.3 is 5.97 Å². The largest absolute Gasteiger partial charge is 0.466 e. The fourth-order valence-electron chi connectivity index (χ4n) is 8.74. The van der Waals surface area contributed by atoms with Crippen LogP contribution in [0.2, 0.25) is 0 Å². The van der Waals surface area contributed by atoms with E-state index in [1.165, 1.54) is 199 Å². The fraction of sp³-hybridized carbons (Fsp3) is 0.864. The number of hydrogen-bond acceptors (Lipinski definition) is 5. The van der Waals surface area contributed by atoms with Crippen molar-refractivity contribution in [2.75, 3.05) is 13.2 Å². The first-order valence-electron chi connectivity index (χ1n) is 28.8. The van der Waals surface area contributed by atoms with Crippen LogP contribution in [0.15, 0.2) is 36.5 Å². The number of aliphatic hydroxyl groups excluding tert-OH is 2. The summed E-state index contributed by atoms with van der Waals surface area (Å²) in [7, 11) is 0. The summed E-state index contributed by atoms with van der Waals surface area (Å²) in [6, 6.07) is -0.634. The monoisotopic (exact) mass is 914 g/mol. The number of rotatable bonds is 53. The van der Waals surface area contributed by atoms with Crippen molar-refractivity contribution in [2.45, 2.75) is 315 Å². The summed E-state index contributed by atoms with van der Waals surface area (Å²) in [5.74, 6) is -0.0897. The fourth-order valence-corrected chi connectivity index (χ4v) is 8.74. The molecule has 6 nitrogen and oxygen atoms in total. The normalized spacial score (nSPS) is 12.9. The number of carbonyl (C=O) groups is 2. The third-order valence-corrected chi connectivity index (χ3v) is 13.2. The van der Waals surface area contributed by atoms with Crippen LogP contribution in [-0.4, -0.2) is 47.4 Å². The lowest BCUT2D eigenvalue weighted by Gasteiger charge is -2.20. The van der Waals surface area contributed by atoms with Gasteiger partial charge in [0.15, 0.2) is 0 Å². The minimum atomic E-state index is -0.849. The molecule has 0 aromatic carbocycles. The van der Waals surface area contributed by atoms with Crippen molar-refractivity contribution in [3.8, 4) is 0 Å². The molecule has 0 aliphatic carbocycles. The van der Waals surface area contributed by atoms with Gasteiger partial charge in [-0.05, 0) is 64.2 Å². The Kier molecular flexibility index (Phi) is 53.1. The van der Waals surface area contributed by atoms with E-state index in [1.807, 2.05) is 6.08 Å². The van der Waals surface area contributed by atoms with Crippen molar-refractivity contribution in [3.05, 3.63) is 36.5 Å². The van der Waals surface area contributed by atoms with Gasteiger partial charge < -0.3 is 20.3 Å². The summed E-state index contributed by atoms with van der Waals surface area (Å²) < 4.78 is 5.47. The van der Waals surface area contributed by atoms with Gasteiger partial charge in [-0.15, -0.1) is 0 Å². The van der Waals surface area contributed by atoms with Gasteiger partial charge in [0, 0.05) is 12.8 Å². The molecule has 0 saturated heterocycles. The summed E-state index contributed by atoms with van der Waals surface area (Å²) in [5, 5.41) is 23.0. The van der Waals surface area contributed by atoms with E-state index in [2.05, 4.69) is 43.5 Å². The first kappa shape index (κ1) is 63.1. The molecule has 0 aromatic rings. The predicted octanol–water partition coefficient (Wildman–Crippen LogP) is 17.6. The average Bonchev–Trinajstić information content (AvgIpc) is 3.31. The number of aliphatic hydroxyl groups is 2. The van der Waals surface area contributed by atoms with Crippen molar-refractivity contribution in [3.63, 3.8) is 0 Å². The second-order valence-electron chi connectivity index (χ2n) is 19.7. The molecule has 0 saturated carbocycles. The number of hydrogen-bond donors (Lipinski definition) is 3. The minimum absolute atomic E-state index is 0.00980. The van der Waals surface area contributed by atoms with Crippen LogP contribution in [0.4, 0.5) is 0 Å². The summed E-state index contributed by atoms with van der Waals surface area (Å²) in [6.45, 7) is 4.85. The third-order valence-electron chi connectivity index (χ3n) is 13.2. The van der Waals surface area contributed by atoms with E-state index in [0.29, 0.717) is 19.4 Å². The molecule has 0 fully saturated rings. The van der Waals surface area contributed by atoms with Gasteiger partial charge in [0.2, 0.25) is 5.91 Å². The Labute approximate surface area is 404 Å². The molecule has 0 radical (unpaired) electrons. The zero-order chi connectivity index (χ0) is 47.2. The van der Waals surface area contributed by atoms with Crippen LogP contribution in [0.5, 0.6) is 0 Å². The van der Waals surface area contributed by atoms with Gasteiger partial charge in [-0.1, -0.05) is 262 Å². The van der Waals surface area contributed by atoms with Gasteiger partial charge in [-0.25, -0.2) is 0 Å². The minimum Gasteiger partial charge on any atom is -0.466 e. The molecule has 1 amide bonds. The second-order valence-corrected chi connectivity index (χ2v) is 19.7. The van der Waals surface area contributed by atoms with Crippen LogP contribution in [0.25, 0.3) is 0 Å². The Morgan fingerprint density at radius 2 is 0.754 bits per heavy atom. The maximum absolute atomic E-state index is 12.4. The van der Waals surface area contributed by atoms with Crippen LogP contribution in [-0.2, 0) is 14.3 Å². The highest BCUT2D eigenvalue weighted by molar-refractivity contribution is 5.76. The Bertz CT molecular complexity index is 1060. The Hall–Kier alpha value is -1.92. The zero-order valence-electron chi connectivity index (χ0n) is 43.5. The number of unbranched alkanes of at least 4 members (excludes halogenated alkanes) is 39. The SMILES string of the molecule is CCCCCCCCCC/C=C/C(O)C(CO)NC(=O)CCCCCCCCCCCC/C=C\C=C/CCCCCOC(=O)CCCCCCCCCCCCCCCCCCCCC. The molecule has 0 aliphatic heterocycles. The molecule has 0 aromatic heterocycles. The molecule has 0 spiro atoms. The molecule has 382 valence electrons. The van der Waals surface area contributed by atoms with E-state index in [0.717, 1.165) is 77.0 Å².